The van der Waals surface area contributed by atoms with Crippen molar-refractivity contribution in [3.05, 3.63) is 77.6 Å². The van der Waals surface area contributed by atoms with Gasteiger partial charge in [-0.05, 0) is 42.2 Å². The van der Waals surface area contributed by atoms with Crippen LogP contribution in [0.15, 0.2) is 60.7 Å². The van der Waals surface area contributed by atoms with Crippen LogP contribution in [-0.2, 0) is 17.8 Å². The summed E-state index contributed by atoms with van der Waals surface area (Å²) in [6.07, 6.45) is -4.25. The van der Waals surface area contributed by atoms with Gasteiger partial charge in [0.1, 0.15) is 17.1 Å². The topological polar surface area (TPSA) is 90.6 Å². The number of hydrogen-bond acceptors (Lipinski definition) is 5. The third-order valence-corrected chi connectivity index (χ3v) is 6.02. The third kappa shape index (κ3) is 5.80. The van der Waals surface area contributed by atoms with Gasteiger partial charge in [-0.15, -0.1) is 0 Å². The number of para-hydroxylation sites is 1. The van der Waals surface area contributed by atoms with Gasteiger partial charge in [-0.1, -0.05) is 61.9 Å². The molecule has 0 saturated carbocycles. The molecule has 0 spiro atoms. The van der Waals surface area contributed by atoms with E-state index >= 15 is 0 Å². The fourth-order valence-electron chi connectivity index (χ4n) is 4.18. The van der Waals surface area contributed by atoms with E-state index in [4.69, 9.17) is 19.6 Å². The standard InChI is InChI=1S/C28H25F3N2O5/c1-3-4-9-23-32-24-17(2)10-15-22(37-26(34)28(29,30)31)25(24)33(23)16-18-11-13-19(14-12-18)20-7-5-6-8-21(20)38-27(35)36/h5-8,10-15H,3-4,9,16H2,1-2H3,(H,35,36). The van der Waals surface area contributed by atoms with E-state index in [9.17, 15) is 22.8 Å². The van der Waals surface area contributed by atoms with Crippen LogP contribution in [0.1, 0.15) is 36.7 Å². The fourth-order valence-corrected chi connectivity index (χ4v) is 4.18. The van der Waals surface area contributed by atoms with Gasteiger partial charge in [0.2, 0.25) is 0 Å². The lowest BCUT2D eigenvalue weighted by Crippen LogP contribution is -2.28. The predicted molar refractivity (Wildman–Crippen MR) is 134 cm³/mol. The molecule has 38 heavy (non-hydrogen) atoms. The third-order valence-electron chi connectivity index (χ3n) is 6.02. The zero-order valence-electron chi connectivity index (χ0n) is 20.7. The first-order valence-electron chi connectivity index (χ1n) is 11.9. The number of halogens is 3. The Labute approximate surface area is 216 Å². The zero-order chi connectivity index (χ0) is 27.4. The number of imidazole rings is 1. The SMILES string of the molecule is CCCCc1nc2c(C)ccc(OC(=O)C(F)(F)F)c2n1Cc1ccc(-c2ccccc2OC(=O)O)cc1. The van der Waals surface area contributed by atoms with E-state index < -0.39 is 18.3 Å². The molecule has 10 heteroatoms. The smallest absolute Gasteiger partial charge is 0.449 e. The fraction of sp³-hybridized carbons (Fsp3) is 0.250. The molecule has 198 valence electrons. The molecule has 3 aromatic carbocycles. The Balaban J connectivity index is 1.74. The number of hydrogen-bond donors (Lipinski definition) is 1. The van der Waals surface area contributed by atoms with Gasteiger partial charge >= 0.3 is 18.3 Å². The van der Waals surface area contributed by atoms with Crippen LogP contribution >= 0.6 is 0 Å². The van der Waals surface area contributed by atoms with Gasteiger partial charge in [0.05, 0.1) is 5.52 Å². The number of aromatic nitrogens is 2. The van der Waals surface area contributed by atoms with Crippen molar-refractivity contribution in [1.82, 2.24) is 9.55 Å². The van der Waals surface area contributed by atoms with Crippen LogP contribution in [0.3, 0.4) is 0 Å². The zero-order valence-corrected chi connectivity index (χ0v) is 20.7. The Kier molecular flexibility index (Phi) is 7.70. The highest BCUT2D eigenvalue weighted by atomic mass is 19.4. The first-order chi connectivity index (χ1) is 18.1. The van der Waals surface area contributed by atoms with Gasteiger partial charge < -0.3 is 19.1 Å². The number of nitrogens with zero attached hydrogens (tertiary/aromatic N) is 2. The van der Waals surface area contributed by atoms with Crippen molar-refractivity contribution in [2.24, 2.45) is 0 Å². The predicted octanol–water partition coefficient (Wildman–Crippen LogP) is 6.93. The molecule has 7 nitrogen and oxygen atoms in total. The lowest BCUT2D eigenvalue weighted by atomic mass is 10.0. The second-order valence-corrected chi connectivity index (χ2v) is 8.74. The second-order valence-electron chi connectivity index (χ2n) is 8.74. The maximum atomic E-state index is 13.0. The van der Waals surface area contributed by atoms with Crippen LogP contribution < -0.4 is 9.47 Å². The summed E-state index contributed by atoms with van der Waals surface area (Å²) < 4.78 is 50.4. The molecule has 0 saturated heterocycles. The highest BCUT2D eigenvalue weighted by Gasteiger charge is 2.42. The highest BCUT2D eigenvalue weighted by molar-refractivity contribution is 5.89. The van der Waals surface area contributed by atoms with Gasteiger partial charge in [-0.2, -0.15) is 13.2 Å². The lowest BCUT2D eigenvalue weighted by molar-refractivity contribution is -0.189. The van der Waals surface area contributed by atoms with E-state index in [0.717, 1.165) is 29.5 Å². The van der Waals surface area contributed by atoms with Crippen LogP contribution in [0.4, 0.5) is 18.0 Å². The average molecular weight is 527 g/mol. The first-order valence-corrected chi connectivity index (χ1v) is 11.9. The van der Waals surface area contributed by atoms with Crippen molar-refractivity contribution < 1.29 is 37.3 Å². The average Bonchev–Trinajstić information content (AvgIpc) is 3.23. The number of ether oxygens (including phenoxy) is 2. The van der Waals surface area contributed by atoms with E-state index in [1.807, 2.05) is 19.1 Å². The van der Waals surface area contributed by atoms with Gasteiger partial charge in [0, 0.05) is 18.5 Å². The Morgan fingerprint density at radius 1 is 0.974 bits per heavy atom. The second kappa shape index (κ2) is 11.0. The molecule has 1 aromatic heterocycles. The van der Waals surface area contributed by atoms with Crippen molar-refractivity contribution in [1.29, 1.82) is 0 Å². The Morgan fingerprint density at radius 3 is 2.34 bits per heavy atom. The Hall–Kier alpha value is -4.34. The first kappa shape index (κ1) is 26.7. The minimum absolute atomic E-state index is 0.196. The summed E-state index contributed by atoms with van der Waals surface area (Å²) in [7, 11) is 0. The van der Waals surface area contributed by atoms with E-state index in [1.165, 1.54) is 6.07 Å². The van der Waals surface area contributed by atoms with Crippen molar-refractivity contribution in [2.75, 3.05) is 0 Å². The van der Waals surface area contributed by atoms with Crippen molar-refractivity contribution >= 4 is 23.2 Å². The number of fused-ring (bicyclic) bond motifs is 1. The summed E-state index contributed by atoms with van der Waals surface area (Å²) in [5, 5.41) is 9.02. The molecule has 0 bridgehead atoms. The number of esters is 1. The molecular formula is C28H25F3N2O5. The number of alkyl halides is 3. The number of aryl methyl sites for hydroxylation is 2. The minimum Gasteiger partial charge on any atom is -0.449 e. The summed E-state index contributed by atoms with van der Waals surface area (Å²) in [5.74, 6) is -1.64. The van der Waals surface area contributed by atoms with Crippen molar-refractivity contribution in [3.8, 4) is 22.6 Å². The number of carbonyl (C=O) groups is 2. The molecule has 0 amide bonds. The largest absolute Gasteiger partial charge is 0.511 e. The van der Waals surface area contributed by atoms with Crippen LogP contribution in [-0.4, -0.2) is 33.0 Å². The molecule has 0 atom stereocenters. The van der Waals surface area contributed by atoms with Crippen molar-refractivity contribution in [2.45, 2.75) is 45.8 Å². The summed E-state index contributed by atoms with van der Waals surface area (Å²) in [4.78, 5) is 27.4. The van der Waals surface area contributed by atoms with E-state index in [2.05, 4.69) is 0 Å². The molecule has 0 aliphatic carbocycles. The normalized spacial score (nSPS) is 11.5. The minimum atomic E-state index is -5.14. The van der Waals surface area contributed by atoms with Crippen LogP contribution in [0.2, 0.25) is 0 Å². The molecule has 0 radical (unpaired) electrons. The van der Waals surface area contributed by atoms with Gasteiger partial charge in [-0.3, -0.25) is 0 Å². The summed E-state index contributed by atoms with van der Waals surface area (Å²) in [6.45, 7) is 4.09. The van der Waals surface area contributed by atoms with Gasteiger partial charge in [-0.25, -0.2) is 14.6 Å². The molecule has 1 heterocycles. The molecule has 4 aromatic rings. The number of benzene rings is 3. The summed E-state index contributed by atoms with van der Waals surface area (Å²) >= 11 is 0. The van der Waals surface area contributed by atoms with E-state index in [-0.39, 0.29) is 18.0 Å². The maximum absolute atomic E-state index is 13.0. The molecule has 0 aliphatic rings. The van der Waals surface area contributed by atoms with E-state index in [0.29, 0.717) is 28.8 Å². The Morgan fingerprint density at radius 2 is 1.68 bits per heavy atom. The van der Waals surface area contributed by atoms with Crippen LogP contribution in [0.25, 0.3) is 22.2 Å². The highest BCUT2D eigenvalue weighted by Crippen LogP contribution is 2.34. The number of carbonyl (C=O) groups excluding carboxylic acids is 1. The van der Waals surface area contributed by atoms with Gasteiger partial charge in [0.25, 0.3) is 0 Å². The number of carboxylic acid groups (broad SMARTS) is 1. The summed E-state index contributed by atoms with van der Waals surface area (Å²) in [5.41, 5.74) is 3.67. The lowest BCUT2D eigenvalue weighted by Gasteiger charge is -2.14. The molecular weight excluding hydrogens is 501 g/mol. The van der Waals surface area contributed by atoms with Crippen molar-refractivity contribution in [3.63, 3.8) is 0 Å². The molecule has 1 N–H and O–H groups in total. The molecule has 0 unspecified atom stereocenters. The molecule has 0 fully saturated rings. The molecule has 4 rings (SSSR count). The number of unbranched alkanes of at least 4 members (excludes halogenated alkanes) is 1. The quantitative estimate of drug-likeness (QED) is 0.152. The van der Waals surface area contributed by atoms with Crippen LogP contribution in [0, 0.1) is 6.92 Å². The van der Waals surface area contributed by atoms with Gasteiger partial charge in [0.15, 0.2) is 5.75 Å². The van der Waals surface area contributed by atoms with Crippen LogP contribution in [0.5, 0.6) is 11.5 Å². The number of rotatable bonds is 8. The monoisotopic (exact) mass is 526 g/mol. The Bertz CT molecular complexity index is 1480. The van der Waals surface area contributed by atoms with E-state index in [1.54, 1.807) is 54.0 Å². The maximum Gasteiger partial charge on any atom is 0.511 e. The summed E-state index contributed by atoms with van der Waals surface area (Å²) in [6, 6.07) is 16.9. The molecule has 0 aliphatic heterocycles.